The Morgan fingerprint density at radius 2 is 1.92 bits per heavy atom. The maximum Gasteiger partial charge on any atom is 0.222 e. The van der Waals surface area contributed by atoms with Crippen molar-refractivity contribution in [1.82, 2.24) is 24.8 Å². The molecule has 0 saturated carbocycles. The van der Waals surface area contributed by atoms with E-state index >= 15 is 0 Å². The Morgan fingerprint density at radius 3 is 2.64 bits per heavy atom. The fourth-order valence-corrected chi connectivity index (χ4v) is 5.14. The number of anilines is 2. The van der Waals surface area contributed by atoms with Gasteiger partial charge < -0.3 is 25.7 Å². The number of rotatable bonds is 13. The van der Waals surface area contributed by atoms with Gasteiger partial charge in [0.1, 0.15) is 11.3 Å². The average Bonchev–Trinajstić information content (AvgIpc) is 3.21. The predicted octanol–water partition coefficient (Wildman–Crippen LogP) is 4.49. The van der Waals surface area contributed by atoms with Crippen LogP contribution in [0.1, 0.15) is 58.1 Å². The molecule has 4 N–H and O–H groups in total. The van der Waals surface area contributed by atoms with E-state index in [-0.39, 0.29) is 0 Å². The van der Waals surface area contributed by atoms with Gasteiger partial charge in [0, 0.05) is 50.0 Å². The first-order valence-corrected chi connectivity index (χ1v) is 13.4. The number of nitrogens with one attached hydrogen (secondary N) is 2. The highest BCUT2D eigenvalue weighted by Crippen LogP contribution is 2.28. The molecule has 0 bridgehead atoms. The third kappa shape index (κ3) is 6.28. The second-order valence-electron chi connectivity index (χ2n) is 10.5. The molecule has 0 amide bonds. The van der Waals surface area contributed by atoms with Gasteiger partial charge in [-0.3, -0.25) is 4.90 Å². The molecule has 2 aromatic heterocycles. The molecule has 0 spiro atoms. The Hall–Kier alpha value is -2.84. The van der Waals surface area contributed by atoms with Crippen molar-refractivity contribution in [3.05, 3.63) is 41.6 Å². The molecular formula is C28H43N7O. The average molecular weight is 494 g/mol. The van der Waals surface area contributed by atoms with Crippen molar-refractivity contribution >= 4 is 22.8 Å². The highest BCUT2D eigenvalue weighted by atomic mass is 16.5. The van der Waals surface area contributed by atoms with Crippen LogP contribution in [-0.2, 0) is 13.1 Å². The molecule has 0 radical (unpaired) electrons. The standard InChI is InChI=1S/C28H43N7O/c1-6-7-8-12-30-27-26-24(32-28(29)33-27)11-13-35(26)18-22-10-9-21(14-25(22)36-5)15-34-16-23(17-34)20(4)31-19(2)3/h9-11,13-14,19-20,23,31H,6-8,12,15-18H2,1-5H3,(H3,29,30,32,33). The van der Waals surface area contributed by atoms with E-state index in [4.69, 9.17) is 10.5 Å². The van der Waals surface area contributed by atoms with Gasteiger partial charge in [0.2, 0.25) is 5.95 Å². The number of aromatic nitrogens is 3. The van der Waals surface area contributed by atoms with E-state index in [1.165, 1.54) is 18.4 Å². The first-order chi connectivity index (χ1) is 17.4. The SMILES string of the molecule is CCCCCNc1nc(N)nc2ccn(Cc3ccc(CN4CC(C(C)NC(C)C)C4)cc3OC)c12. The highest BCUT2D eigenvalue weighted by molar-refractivity contribution is 5.87. The van der Waals surface area contributed by atoms with Crippen molar-refractivity contribution in [3.63, 3.8) is 0 Å². The summed E-state index contributed by atoms with van der Waals surface area (Å²) in [6, 6.07) is 9.68. The quantitative estimate of drug-likeness (QED) is 0.302. The Kier molecular flexibility index (Phi) is 8.69. The molecule has 1 aromatic carbocycles. The smallest absolute Gasteiger partial charge is 0.222 e. The second kappa shape index (κ2) is 11.9. The molecule has 1 unspecified atom stereocenters. The Morgan fingerprint density at radius 1 is 1.11 bits per heavy atom. The summed E-state index contributed by atoms with van der Waals surface area (Å²) in [7, 11) is 1.75. The third-order valence-electron chi connectivity index (χ3n) is 7.09. The first-order valence-electron chi connectivity index (χ1n) is 13.4. The molecule has 1 aliphatic heterocycles. The van der Waals surface area contributed by atoms with Crippen LogP contribution in [0, 0.1) is 5.92 Å². The number of nitrogen functional groups attached to an aromatic ring is 1. The van der Waals surface area contributed by atoms with Crippen molar-refractivity contribution in [3.8, 4) is 5.75 Å². The number of nitrogens with two attached hydrogens (primary N) is 1. The number of likely N-dealkylation sites (tertiary alicyclic amines) is 1. The molecule has 1 atom stereocenters. The summed E-state index contributed by atoms with van der Waals surface area (Å²) >= 11 is 0. The van der Waals surface area contributed by atoms with E-state index in [2.05, 4.69) is 82.2 Å². The lowest BCUT2D eigenvalue weighted by molar-refractivity contribution is 0.0666. The number of fused-ring (bicyclic) bond motifs is 1. The number of hydrogen-bond donors (Lipinski definition) is 3. The van der Waals surface area contributed by atoms with Crippen LogP contribution in [0.25, 0.3) is 11.0 Å². The molecule has 3 heterocycles. The normalized spacial score (nSPS) is 15.4. The second-order valence-corrected chi connectivity index (χ2v) is 10.5. The molecule has 8 nitrogen and oxygen atoms in total. The number of hydrogen-bond acceptors (Lipinski definition) is 7. The number of nitrogens with zero attached hydrogens (tertiary/aromatic N) is 4. The van der Waals surface area contributed by atoms with Crippen molar-refractivity contribution in [1.29, 1.82) is 0 Å². The number of ether oxygens (including phenoxy) is 1. The van der Waals surface area contributed by atoms with Gasteiger partial charge in [0.25, 0.3) is 0 Å². The maximum absolute atomic E-state index is 5.98. The summed E-state index contributed by atoms with van der Waals surface area (Å²) in [5.41, 5.74) is 10.2. The van der Waals surface area contributed by atoms with Gasteiger partial charge >= 0.3 is 0 Å². The molecule has 3 aromatic rings. The molecule has 196 valence electrons. The number of benzene rings is 1. The minimum Gasteiger partial charge on any atom is -0.496 e. The summed E-state index contributed by atoms with van der Waals surface area (Å²) in [6.45, 7) is 13.7. The van der Waals surface area contributed by atoms with E-state index in [0.717, 1.165) is 66.7 Å². The van der Waals surface area contributed by atoms with Gasteiger partial charge in [0.15, 0.2) is 5.82 Å². The zero-order valence-electron chi connectivity index (χ0n) is 22.6. The summed E-state index contributed by atoms with van der Waals surface area (Å²) in [4.78, 5) is 11.5. The van der Waals surface area contributed by atoms with Gasteiger partial charge in [-0.25, -0.2) is 4.98 Å². The summed E-state index contributed by atoms with van der Waals surface area (Å²) in [5.74, 6) is 2.72. The lowest BCUT2D eigenvalue weighted by Crippen LogP contribution is -2.55. The molecule has 4 rings (SSSR count). The summed E-state index contributed by atoms with van der Waals surface area (Å²) in [6.07, 6.45) is 5.52. The minimum atomic E-state index is 0.294. The van der Waals surface area contributed by atoms with E-state index in [1.54, 1.807) is 7.11 Å². The fourth-order valence-electron chi connectivity index (χ4n) is 5.14. The van der Waals surface area contributed by atoms with E-state index in [9.17, 15) is 0 Å². The van der Waals surface area contributed by atoms with Crippen molar-refractivity contribution in [2.24, 2.45) is 5.92 Å². The minimum absolute atomic E-state index is 0.294. The van der Waals surface area contributed by atoms with Crippen LogP contribution in [0.3, 0.4) is 0 Å². The lowest BCUT2D eigenvalue weighted by atomic mass is 9.91. The van der Waals surface area contributed by atoms with Crippen LogP contribution >= 0.6 is 0 Å². The lowest BCUT2D eigenvalue weighted by Gasteiger charge is -2.43. The largest absolute Gasteiger partial charge is 0.496 e. The Labute approximate surface area is 215 Å². The molecule has 0 aliphatic carbocycles. The summed E-state index contributed by atoms with van der Waals surface area (Å²) < 4.78 is 7.99. The van der Waals surface area contributed by atoms with Crippen LogP contribution in [-0.4, -0.2) is 58.3 Å². The molecular weight excluding hydrogens is 450 g/mol. The zero-order valence-corrected chi connectivity index (χ0v) is 22.6. The van der Waals surface area contributed by atoms with Crippen molar-refractivity contribution in [2.75, 3.05) is 37.8 Å². The fraction of sp³-hybridized carbons (Fsp3) is 0.571. The van der Waals surface area contributed by atoms with Gasteiger partial charge in [-0.15, -0.1) is 0 Å². The van der Waals surface area contributed by atoms with Crippen LogP contribution < -0.4 is 21.1 Å². The maximum atomic E-state index is 5.98. The van der Waals surface area contributed by atoms with Crippen molar-refractivity contribution in [2.45, 2.75) is 72.1 Å². The van der Waals surface area contributed by atoms with Gasteiger partial charge in [-0.1, -0.05) is 45.7 Å². The van der Waals surface area contributed by atoms with E-state index in [1.807, 2.05) is 6.07 Å². The third-order valence-corrected chi connectivity index (χ3v) is 7.09. The number of unbranched alkanes of at least 4 members (excludes halogenated alkanes) is 2. The first kappa shape index (κ1) is 26.2. The molecule has 36 heavy (non-hydrogen) atoms. The Bertz CT molecular complexity index is 1140. The highest BCUT2D eigenvalue weighted by Gasteiger charge is 2.31. The van der Waals surface area contributed by atoms with Crippen molar-refractivity contribution < 1.29 is 4.74 Å². The monoisotopic (exact) mass is 493 g/mol. The summed E-state index contributed by atoms with van der Waals surface area (Å²) in [5, 5.41) is 7.12. The Balaban J connectivity index is 1.45. The van der Waals surface area contributed by atoms with Gasteiger partial charge in [0.05, 0.1) is 19.2 Å². The van der Waals surface area contributed by atoms with E-state index in [0.29, 0.717) is 24.6 Å². The van der Waals surface area contributed by atoms with Crippen LogP contribution in [0.15, 0.2) is 30.5 Å². The van der Waals surface area contributed by atoms with E-state index < -0.39 is 0 Å². The van der Waals surface area contributed by atoms with Crippen LogP contribution in [0.4, 0.5) is 11.8 Å². The predicted molar refractivity (Wildman–Crippen MR) is 149 cm³/mol. The molecule has 1 saturated heterocycles. The zero-order chi connectivity index (χ0) is 25.7. The number of methoxy groups -OCH3 is 1. The molecule has 1 aliphatic rings. The van der Waals surface area contributed by atoms with Gasteiger partial charge in [-0.05, 0) is 37.0 Å². The van der Waals surface area contributed by atoms with Gasteiger partial charge in [-0.2, -0.15) is 4.98 Å². The molecule has 1 fully saturated rings. The topological polar surface area (TPSA) is 93.3 Å². The van der Waals surface area contributed by atoms with Crippen LogP contribution in [0.2, 0.25) is 0 Å². The van der Waals surface area contributed by atoms with Crippen LogP contribution in [0.5, 0.6) is 5.75 Å². The molecule has 8 heteroatoms.